The summed E-state index contributed by atoms with van der Waals surface area (Å²) in [6.07, 6.45) is -0.644. The van der Waals surface area contributed by atoms with Crippen LogP contribution >= 0.6 is 0 Å². The molecule has 0 aliphatic rings. The van der Waals surface area contributed by atoms with Gasteiger partial charge >= 0.3 is 18.0 Å². The minimum atomic E-state index is -1.40. The average Bonchev–Trinajstić information content (AvgIpc) is 2.01. The van der Waals surface area contributed by atoms with Crippen molar-refractivity contribution < 1.29 is 24.6 Å². The van der Waals surface area contributed by atoms with E-state index in [0.717, 1.165) is 4.90 Å². The van der Waals surface area contributed by atoms with E-state index in [0.29, 0.717) is 0 Å². The van der Waals surface area contributed by atoms with E-state index in [1.54, 1.807) is 0 Å². The molecule has 0 aromatic carbocycles. The Labute approximate surface area is 80.3 Å². The van der Waals surface area contributed by atoms with Crippen LogP contribution in [0.25, 0.3) is 0 Å². The van der Waals surface area contributed by atoms with E-state index in [1.807, 2.05) is 0 Å². The molecule has 0 spiro atoms. The third kappa shape index (κ3) is 4.29. The molecular formula is C7H12N2O5. The van der Waals surface area contributed by atoms with Crippen LogP contribution in [0.1, 0.15) is 6.42 Å². The fourth-order valence-corrected chi connectivity index (χ4v) is 0.653. The summed E-state index contributed by atoms with van der Waals surface area (Å²) in [5, 5.41) is 19.0. The number of urea groups is 1. The molecule has 7 heteroatoms. The SMILES string of the molecule is CN(C)C(=O)NC(CC(=O)O)C(=O)O. The summed E-state index contributed by atoms with van der Waals surface area (Å²) in [7, 11) is 2.85. The lowest BCUT2D eigenvalue weighted by Gasteiger charge is -2.16. The van der Waals surface area contributed by atoms with Gasteiger partial charge in [0.05, 0.1) is 6.42 Å². The number of carbonyl (C=O) groups excluding carboxylic acids is 1. The number of carboxylic acids is 2. The van der Waals surface area contributed by atoms with E-state index in [4.69, 9.17) is 10.2 Å². The zero-order valence-corrected chi connectivity index (χ0v) is 7.85. The first-order chi connectivity index (χ1) is 6.34. The molecular weight excluding hydrogens is 192 g/mol. The maximum Gasteiger partial charge on any atom is 0.326 e. The Bertz CT molecular complexity index is 250. The highest BCUT2D eigenvalue weighted by Crippen LogP contribution is 1.93. The van der Waals surface area contributed by atoms with Gasteiger partial charge in [0.15, 0.2) is 0 Å². The van der Waals surface area contributed by atoms with Crippen molar-refractivity contribution in [2.45, 2.75) is 12.5 Å². The molecule has 0 radical (unpaired) electrons. The molecule has 3 N–H and O–H groups in total. The molecule has 0 aromatic rings. The molecule has 2 amide bonds. The van der Waals surface area contributed by atoms with Gasteiger partial charge in [-0.1, -0.05) is 0 Å². The van der Waals surface area contributed by atoms with Crippen LogP contribution in [-0.4, -0.2) is 53.2 Å². The summed E-state index contributed by atoms with van der Waals surface area (Å²) in [5.41, 5.74) is 0. The minimum absolute atomic E-state index is 0.640. The van der Waals surface area contributed by atoms with Gasteiger partial charge in [0.1, 0.15) is 6.04 Å². The van der Waals surface area contributed by atoms with Crippen molar-refractivity contribution in [2.24, 2.45) is 0 Å². The summed E-state index contributed by atoms with van der Waals surface area (Å²) in [6, 6.07) is -2.04. The number of nitrogens with one attached hydrogen (secondary N) is 1. The van der Waals surface area contributed by atoms with Crippen LogP contribution in [-0.2, 0) is 9.59 Å². The van der Waals surface area contributed by atoms with Gasteiger partial charge in [-0.05, 0) is 0 Å². The second-order valence-electron chi connectivity index (χ2n) is 2.83. The predicted molar refractivity (Wildman–Crippen MR) is 45.9 cm³/mol. The predicted octanol–water partition coefficient (Wildman–Crippen LogP) is -0.814. The van der Waals surface area contributed by atoms with E-state index in [9.17, 15) is 14.4 Å². The van der Waals surface area contributed by atoms with Crippen molar-refractivity contribution in [1.82, 2.24) is 10.2 Å². The summed E-state index contributed by atoms with van der Waals surface area (Å²) in [6.45, 7) is 0. The van der Waals surface area contributed by atoms with Crippen LogP contribution in [0.5, 0.6) is 0 Å². The van der Waals surface area contributed by atoms with Crippen molar-refractivity contribution in [3.63, 3.8) is 0 Å². The first kappa shape index (κ1) is 12.2. The van der Waals surface area contributed by atoms with Gasteiger partial charge in [0.2, 0.25) is 0 Å². The van der Waals surface area contributed by atoms with E-state index in [2.05, 4.69) is 5.32 Å². The number of carboxylic acid groups (broad SMARTS) is 2. The van der Waals surface area contributed by atoms with Gasteiger partial charge in [-0.25, -0.2) is 9.59 Å². The molecule has 0 rings (SSSR count). The van der Waals surface area contributed by atoms with Crippen LogP contribution in [0.15, 0.2) is 0 Å². The number of hydrogen-bond donors (Lipinski definition) is 3. The number of hydrogen-bond acceptors (Lipinski definition) is 3. The van der Waals surface area contributed by atoms with Crippen LogP contribution in [0, 0.1) is 0 Å². The van der Waals surface area contributed by atoms with Gasteiger partial charge in [-0.2, -0.15) is 0 Å². The van der Waals surface area contributed by atoms with Crippen molar-refractivity contribution in [3.05, 3.63) is 0 Å². The second-order valence-corrected chi connectivity index (χ2v) is 2.83. The number of nitrogens with zero attached hydrogens (tertiary/aromatic N) is 1. The van der Waals surface area contributed by atoms with Crippen LogP contribution in [0.4, 0.5) is 4.79 Å². The normalized spacial score (nSPS) is 11.6. The number of amides is 2. The maximum absolute atomic E-state index is 11.0. The standard InChI is InChI=1S/C7H12N2O5/c1-9(2)7(14)8-4(6(12)13)3-5(10)11/h4H,3H2,1-2H3,(H,8,14)(H,10,11)(H,12,13). The smallest absolute Gasteiger partial charge is 0.326 e. The molecule has 0 saturated carbocycles. The molecule has 0 saturated heterocycles. The first-order valence-electron chi connectivity index (χ1n) is 3.77. The second kappa shape index (κ2) is 5.05. The fraction of sp³-hybridized carbons (Fsp3) is 0.571. The number of rotatable bonds is 4. The van der Waals surface area contributed by atoms with Crippen LogP contribution < -0.4 is 5.32 Å². The van der Waals surface area contributed by atoms with Crippen molar-refractivity contribution in [3.8, 4) is 0 Å². The highest BCUT2D eigenvalue weighted by molar-refractivity contribution is 5.85. The fourth-order valence-electron chi connectivity index (χ4n) is 0.653. The Morgan fingerprint density at radius 2 is 1.79 bits per heavy atom. The van der Waals surface area contributed by atoms with Crippen molar-refractivity contribution in [1.29, 1.82) is 0 Å². The summed E-state index contributed by atoms with van der Waals surface area (Å²) < 4.78 is 0. The largest absolute Gasteiger partial charge is 0.481 e. The van der Waals surface area contributed by atoms with Crippen molar-refractivity contribution in [2.75, 3.05) is 14.1 Å². The van der Waals surface area contributed by atoms with E-state index in [1.165, 1.54) is 14.1 Å². The number of carbonyl (C=O) groups is 3. The summed E-state index contributed by atoms with van der Waals surface area (Å²) in [4.78, 5) is 32.9. The third-order valence-electron chi connectivity index (χ3n) is 1.38. The molecule has 14 heavy (non-hydrogen) atoms. The molecule has 1 atom stereocenters. The Kier molecular flexibility index (Phi) is 4.41. The van der Waals surface area contributed by atoms with Gasteiger partial charge < -0.3 is 20.4 Å². The Balaban J connectivity index is 4.31. The Morgan fingerprint density at radius 1 is 1.29 bits per heavy atom. The van der Waals surface area contributed by atoms with Gasteiger partial charge in [-0.3, -0.25) is 4.79 Å². The zero-order chi connectivity index (χ0) is 11.3. The molecule has 0 fully saturated rings. The molecule has 80 valence electrons. The van der Waals surface area contributed by atoms with Crippen molar-refractivity contribution >= 4 is 18.0 Å². The molecule has 1 unspecified atom stereocenters. The lowest BCUT2D eigenvalue weighted by atomic mass is 10.2. The van der Waals surface area contributed by atoms with Gasteiger partial charge in [-0.15, -0.1) is 0 Å². The zero-order valence-electron chi connectivity index (χ0n) is 7.85. The topological polar surface area (TPSA) is 107 Å². The maximum atomic E-state index is 11.0. The molecule has 0 aromatic heterocycles. The van der Waals surface area contributed by atoms with Crippen LogP contribution in [0.3, 0.4) is 0 Å². The summed E-state index contributed by atoms with van der Waals surface area (Å²) in [5.74, 6) is -2.65. The lowest BCUT2D eigenvalue weighted by molar-refractivity contribution is -0.145. The lowest BCUT2D eigenvalue weighted by Crippen LogP contribution is -2.46. The van der Waals surface area contributed by atoms with Crippen LogP contribution in [0.2, 0.25) is 0 Å². The highest BCUT2D eigenvalue weighted by atomic mass is 16.4. The first-order valence-corrected chi connectivity index (χ1v) is 3.77. The number of aliphatic carboxylic acids is 2. The molecule has 0 aliphatic carbocycles. The Morgan fingerprint density at radius 3 is 2.07 bits per heavy atom. The quantitative estimate of drug-likeness (QED) is 0.555. The molecule has 0 bridgehead atoms. The summed E-state index contributed by atoms with van der Waals surface area (Å²) >= 11 is 0. The third-order valence-corrected chi connectivity index (χ3v) is 1.38. The van der Waals surface area contributed by atoms with E-state index < -0.39 is 30.4 Å². The van der Waals surface area contributed by atoms with E-state index >= 15 is 0 Å². The molecule has 0 heterocycles. The molecule has 7 nitrogen and oxygen atoms in total. The minimum Gasteiger partial charge on any atom is -0.481 e. The van der Waals surface area contributed by atoms with Gasteiger partial charge in [0.25, 0.3) is 0 Å². The average molecular weight is 204 g/mol. The highest BCUT2D eigenvalue weighted by Gasteiger charge is 2.23. The van der Waals surface area contributed by atoms with E-state index in [-0.39, 0.29) is 0 Å². The molecule has 0 aliphatic heterocycles. The monoisotopic (exact) mass is 204 g/mol. The Hall–Kier alpha value is -1.79. The van der Waals surface area contributed by atoms with Gasteiger partial charge in [0, 0.05) is 14.1 Å².